The summed E-state index contributed by atoms with van der Waals surface area (Å²) < 4.78 is 6.52. The first-order valence-corrected chi connectivity index (χ1v) is 7.21. The number of fused-ring (bicyclic) bond motifs is 1. The van der Waals surface area contributed by atoms with Gasteiger partial charge in [-0.25, -0.2) is 0 Å². The number of hydrogen-bond acceptors (Lipinski definition) is 4. The first-order chi connectivity index (χ1) is 8.96. The molecule has 0 spiro atoms. The Kier molecular flexibility index (Phi) is 4.22. The van der Waals surface area contributed by atoms with E-state index in [0.29, 0.717) is 6.54 Å². The fourth-order valence-electron chi connectivity index (χ4n) is 1.85. The zero-order valence-electron chi connectivity index (χ0n) is 11.5. The van der Waals surface area contributed by atoms with Gasteiger partial charge in [0.1, 0.15) is 5.60 Å². The van der Waals surface area contributed by atoms with E-state index in [0.717, 1.165) is 0 Å². The zero-order valence-corrected chi connectivity index (χ0v) is 12.3. The van der Waals surface area contributed by atoms with Gasteiger partial charge in [-0.2, -0.15) is 0 Å². The van der Waals surface area contributed by atoms with Crippen LogP contribution in [0.2, 0.25) is 0 Å². The van der Waals surface area contributed by atoms with Crippen LogP contribution < -0.4 is 5.32 Å². The van der Waals surface area contributed by atoms with E-state index < -0.39 is 5.60 Å². The molecule has 3 nitrogen and oxygen atoms in total. The molecule has 19 heavy (non-hydrogen) atoms. The van der Waals surface area contributed by atoms with Crippen molar-refractivity contribution in [3.05, 3.63) is 35.2 Å². The molecule has 102 valence electrons. The second-order valence-electron chi connectivity index (χ2n) is 5.45. The Hall–Kier alpha value is -1.39. The molecule has 0 saturated heterocycles. The van der Waals surface area contributed by atoms with Gasteiger partial charge in [0.25, 0.3) is 0 Å². The van der Waals surface area contributed by atoms with Gasteiger partial charge in [-0.1, -0.05) is 18.2 Å². The van der Waals surface area contributed by atoms with Gasteiger partial charge >= 0.3 is 5.97 Å². The average molecular weight is 277 g/mol. The van der Waals surface area contributed by atoms with Crippen LogP contribution in [0, 0.1) is 0 Å². The lowest BCUT2D eigenvalue weighted by molar-refractivity contribution is -0.153. The highest BCUT2D eigenvalue weighted by atomic mass is 32.1. The van der Waals surface area contributed by atoms with Crippen molar-refractivity contribution in [2.45, 2.75) is 32.9 Å². The van der Waals surface area contributed by atoms with Gasteiger partial charge in [0, 0.05) is 11.2 Å². The SMILES string of the molecule is CC(C)(C)OC(=O)CNCc1csc2ccccc12. The molecule has 1 aromatic carbocycles. The van der Waals surface area contributed by atoms with Crippen LogP contribution in [0.1, 0.15) is 26.3 Å². The van der Waals surface area contributed by atoms with Crippen LogP contribution in [0.25, 0.3) is 10.1 Å². The first kappa shape index (κ1) is 14.0. The predicted octanol–water partition coefficient (Wildman–Crippen LogP) is 3.33. The lowest BCUT2D eigenvalue weighted by Gasteiger charge is -2.19. The van der Waals surface area contributed by atoms with Crippen molar-refractivity contribution in [2.75, 3.05) is 6.54 Å². The summed E-state index contributed by atoms with van der Waals surface area (Å²) in [6.07, 6.45) is 0. The Morgan fingerprint density at radius 1 is 1.32 bits per heavy atom. The van der Waals surface area contributed by atoms with Gasteiger partial charge in [-0.3, -0.25) is 4.79 Å². The molecule has 1 aromatic heterocycles. The number of nitrogens with one attached hydrogen (secondary N) is 1. The molecule has 0 radical (unpaired) electrons. The summed E-state index contributed by atoms with van der Waals surface area (Å²) in [7, 11) is 0. The van der Waals surface area contributed by atoms with E-state index in [-0.39, 0.29) is 12.5 Å². The molecule has 0 aliphatic rings. The molecule has 1 heterocycles. The van der Waals surface area contributed by atoms with Crippen molar-refractivity contribution in [1.82, 2.24) is 5.32 Å². The molecule has 0 amide bonds. The summed E-state index contributed by atoms with van der Waals surface area (Å²) in [5.74, 6) is -0.216. The second-order valence-corrected chi connectivity index (χ2v) is 6.36. The molecule has 2 aromatic rings. The summed E-state index contributed by atoms with van der Waals surface area (Å²) in [5, 5.41) is 6.52. The third-order valence-electron chi connectivity index (χ3n) is 2.57. The van der Waals surface area contributed by atoms with Crippen LogP contribution in [0.5, 0.6) is 0 Å². The summed E-state index contributed by atoms with van der Waals surface area (Å²) >= 11 is 1.73. The van der Waals surface area contributed by atoms with Crippen molar-refractivity contribution in [1.29, 1.82) is 0 Å². The Bertz CT molecular complexity index is 569. The van der Waals surface area contributed by atoms with Crippen LogP contribution in [-0.2, 0) is 16.1 Å². The monoisotopic (exact) mass is 277 g/mol. The van der Waals surface area contributed by atoms with E-state index in [1.165, 1.54) is 15.6 Å². The van der Waals surface area contributed by atoms with E-state index in [1.54, 1.807) is 11.3 Å². The topological polar surface area (TPSA) is 38.3 Å². The van der Waals surface area contributed by atoms with Crippen LogP contribution in [0.4, 0.5) is 0 Å². The van der Waals surface area contributed by atoms with Crippen molar-refractivity contribution >= 4 is 27.4 Å². The van der Waals surface area contributed by atoms with E-state index in [4.69, 9.17) is 4.74 Å². The quantitative estimate of drug-likeness (QED) is 0.871. The Morgan fingerprint density at radius 3 is 2.79 bits per heavy atom. The summed E-state index contributed by atoms with van der Waals surface area (Å²) in [6.45, 7) is 6.54. The van der Waals surface area contributed by atoms with E-state index in [1.807, 2.05) is 32.9 Å². The molecule has 0 saturated carbocycles. The van der Waals surface area contributed by atoms with Gasteiger partial charge in [-0.15, -0.1) is 11.3 Å². The van der Waals surface area contributed by atoms with Crippen LogP contribution >= 0.6 is 11.3 Å². The Morgan fingerprint density at radius 2 is 2.05 bits per heavy atom. The first-order valence-electron chi connectivity index (χ1n) is 6.33. The van der Waals surface area contributed by atoms with Crippen molar-refractivity contribution < 1.29 is 9.53 Å². The maximum absolute atomic E-state index is 11.6. The average Bonchev–Trinajstić information content (AvgIpc) is 2.70. The predicted molar refractivity (Wildman–Crippen MR) is 79.4 cm³/mol. The number of esters is 1. The number of benzene rings is 1. The minimum atomic E-state index is -0.423. The molecule has 4 heteroatoms. The standard InChI is InChI=1S/C15H19NO2S/c1-15(2,3)18-14(17)9-16-8-11-10-19-13-7-5-4-6-12(11)13/h4-7,10,16H,8-9H2,1-3H3. The number of rotatable bonds is 4. The Labute approximate surface area is 117 Å². The van der Waals surface area contributed by atoms with Crippen molar-refractivity contribution in [2.24, 2.45) is 0 Å². The number of carbonyl (C=O) groups is 1. The van der Waals surface area contributed by atoms with Gasteiger partial charge in [0.05, 0.1) is 6.54 Å². The van der Waals surface area contributed by atoms with E-state index in [2.05, 4.69) is 22.8 Å². The molecule has 0 bridgehead atoms. The van der Waals surface area contributed by atoms with Crippen LogP contribution in [0.15, 0.2) is 29.6 Å². The summed E-state index contributed by atoms with van der Waals surface area (Å²) in [5.41, 5.74) is 0.803. The van der Waals surface area contributed by atoms with Gasteiger partial charge < -0.3 is 10.1 Å². The molecule has 2 rings (SSSR count). The fraction of sp³-hybridized carbons (Fsp3) is 0.400. The lowest BCUT2D eigenvalue weighted by Crippen LogP contribution is -2.31. The maximum Gasteiger partial charge on any atom is 0.320 e. The highest BCUT2D eigenvalue weighted by Crippen LogP contribution is 2.25. The third kappa shape index (κ3) is 4.04. The third-order valence-corrected chi connectivity index (χ3v) is 3.58. The normalized spacial score (nSPS) is 11.7. The number of carbonyl (C=O) groups excluding carboxylic acids is 1. The van der Waals surface area contributed by atoms with Gasteiger partial charge in [-0.05, 0) is 43.2 Å². The minimum absolute atomic E-state index is 0.216. The van der Waals surface area contributed by atoms with Crippen molar-refractivity contribution in [3.8, 4) is 0 Å². The van der Waals surface area contributed by atoms with Crippen LogP contribution in [0.3, 0.4) is 0 Å². The second kappa shape index (κ2) is 5.72. The minimum Gasteiger partial charge on any atom is -0.459 e. The zero-order chi connectivity index (χ0) is 13.9. The lowest BCUT2D eigenvalue weighted by atomic mass is 10.2. The molecule has 0 aliphatic carbocycles. The molecular weight excluding hydrogens is 258 g/mol. The fourth-order valence-corrected chi connectivity index (χ4v) is 2.81. The summed E-state index contributed by atoms with van der Waals surface area (Å²) in [6, 6.07) is 8.29. The molecule has 1 N–H and O–H groups in total. The number of hydrogen-bond donors (Lipinski definition) is 1. The number of thiophene rings is 1. The molecule has 0 fully saturated rings. The molecular formula is C15H19NO2S. The molecule has 0 atom stereocenters. The molecule has 0 aliphatic heterocycles. The highest BCUT2D eigenvalue weighted by Gasteiger charge is 2.15. The highest BCUT2D eigenvalue weighted by molar-refractivity contribution is 7.17. The number of ether oxygens (including phenoxy) is 1. The van der Waals surface area contributed by atoms with Crippen LogP contribution in [-0.4, -0.2) is 18.1 Å². The smallest absolute Gasteiger partial charge is 0.320 e. The summed E-state index contributed by atoms with van der Waals surface area (Å²) in [4.78, 5) is 11.6. The van der Waals surface area contributed by atoms with E-state index >= 15 is 0 Å². The van der Waals surface area contributed by atoms with Gasteiger partial charge in [0.15, 0.2) is 0 Å². The van der Waals surface area contributed by atoms with Gasteiger partial charge in [0.2, 0.25) is 0 Å². The molecule has 0 unspecified atom stereocenters. The Balaban J connectivity index is 1.88. The van der Waals surface area contributed by atoms with Crippen molar-refractivity contribution in [3.63, 3.8) is 0 Å². The maximum atomic E-state index is 11.6. The van der Waals surface area contributed by atoms with E-state index in [9.17, 15) is 4.79 Å². The largest absolute Gasteiger partial charge is 0.459 e.